The second-order valence-electron chi connectivity index (χ2n) is 8.76. The van der Waals surface area contributed by atoms with Gasteiger partial charge in [-0.3, -0.25) is 0 Å². The lowest BCUT2D eigenvalue weighted by Gasteiger charge is -2.23. The number of hydrogen-bond acceptors (Lipinski definition) is 4. The second-order valence-corrected chi connectivity index (χ2v) is 10.9. The van der Waals surface area contributed by atoms with Crippen molar-refractivity contribution in [3.63, 3.8) is 0 Å². The van der Waals surface area contributed by atoms with Crippen molar-refractivity contribution in [1.82, 2.24) is 0 Å². The predicted octanol–water partition coefficient (Wildman–Crippen LogP) is 6.63. The number of carbonyl (C=O) groups is 1. The number of nitrogens with one attached hydrogen (secondary N) is 1. The number of para-hydroxylation sites is 1. The molecule has 36 heavy (non-hydrogen) atoms. The number of rotatable bonds is 13. The Bertz CT molecular complexity index is 1280. The highest BCUT2D eigenvalue weighted by Crippen LogP contribution is 2.27. The van der Waals surface area contributed by atoms with Crippen LogP contribution in [0.2, 0.25) is 0 Å². The van der Waals surface area contributed by atoms with E-state index in [1.807, 2.05) is 12.1 Å². The van der Waals surface area contributed by atoms with Gasteiger partial charge in [0, 0.05) is 11.8 Å². The summed E-state index contributed by atoms with van der Waals surface area (Å²) in [5, 5.41) is 11.1. The molecule has 5 nitrogen and oxygen atoms in total. The lowest BCUT2D eigenvalue weighted by Crippen LogP contribution is -2.31. The minimum Gasteiger partial charge on any atom is -0.478 e. The Kier molecular flexibility index (Phi) is 9.58. The molecular weight excluding hydrogens is 484 g/mol. The number of benzene rings is 3. The maximum atomic E-state index is 14.5. The summed E-state index contributed by atoms with van der Waals surface area (Å²) in [7, 11) is -4.14. The zero-order chi connectivity index (χ0) is 26.1. The molecule has 1 unspecified atom stereocenters. The molecule has 0 fully saturated rings. The second kappa shape index (κ2) is 12.6. The largest absolute Gasteiger partial charge is 0.478 e. The molecule has 1 atom stereocenters. The van der Waals surface area contributed by atoms with Gasteiger partial charge in [-0.1, -0.05) is 62.9 Å². The number of aromatic carboxylic acids is 1. The molecule has 0 saturated heterocycles. The third kappa shape index (κ3) is 7.13. The van der Waals surface area contributed by atoms with E-state index in [9.17, 15) is 22.0 Å². The fourth-order valence-electron chi connectivity index (χ4n) is 4.07. The molecule has 3 rings (SSSR count). The van der Waals surface area contributed by atoms with Crippen LogP contribution in [0.4, 0.5) is 14.5 Å². The molecule has 0 aromatic heterocycles. The lowest BCUT2D eigenvalue weighted by atomic mass is 10.0. The average Bonchev–Trinajstić information content (AvgIpc) is 2.85. The Morgan fingerprint density at radius 3 is 2.33 bits per heavy atom. The average molecular weight is 516 g/mol. The fraction of sp³-hybridized carbons (Fsp3) is 0.321. The van der Waals surface area contributed by atoms with Gasteiger partial charge in [-0.2, -0.15) is 0 Å². The van der Waals surface area contributed by atoms with E-state index in [0.717, 1.165) is 42.5 Å². The molecule has 0 amide bonds. The Labute approximate surface area is 211 Å². The highest BCUT2D eigenvalue weighted by molar-refractivity contribution is 7.92. The van der Waals surface area contributed by atoms with Gasteiger partial charge in [0.05, 0.1) is 5.56 Å². The van der Waals surface area contributed by atoms with Gasteiger partial charge in [-0.25, -0.2) is 22.0 Å². The van der Waals surface area contributed by atoms with Crippen LogP contribution < -0.4 is 5.32 Å². The smallest absolute Gasteiger partial charge is 0.335 e. The molecule has 0 aliphatic carbocycles. The maximum Gasteiger partial charge on any atom is 0.335 e. The van der Waals surface area contributed by atoms with Crippen molar-refractivity contribution in [2.75, 3.05) is 5.32 Å². The van der Waals surface area contributed by atoms with Crippen LogP contribution in [-0.2, 0) is 22.7 Å². The SMILES string of the molecule is CCCCCCC(Nc1ccccc1CCc1ccc(C(=O)O)cc1)S(=O)(=O)c1ccc(F)cc1F. The summed E-state index contributed by atoms with van der Waals surface area (Å²) in [6.45, 7) is 2.06. The first-order valence-corrected chi connectivity index (χ1v) is 13.6. The number of halogens is 2. The number of sulfone groups is 1. The van der Waals surface area contributed by atoms with Crippen molar-refractivity contribution in [3.05, 3.63) is 95.1 Å². The van der Waals surface area contributed by atoms with Crippen LogP contribution in [0.1, 0.15) is 60.5 Å². The first-order chi connectivity index (χ1) is 17.2. The van der Waals surface area contributed by atoms with E-state index in [2.05, 4.69) is 12.2 Å². The van der Waals surface area contributed by atoms with Crippen molar-refractivity contribution >= 4 is 21.5 Å². The van der Waals surface area contributed by atoms with Crippen molar-refractivity contribution in [1.29, 1.82) is 0 Å². The standard InChI is InChI=1S/C28H31F2NO4S/c1-2-3-4-5-10-27(36(34,35)26-18-17-23(29)19-24(26)30)31-25-9-7-6-8-21(25)14-11-20-12-15-22(16-13-20)28(32)33/h6-9,12-13,15-19,27,31H,2-5,10-11,14H2,1H3,(H,32,33). The van der Waals surface area contributed by atoms with E-state index in [1.54, 1.807) is 36.4 Å². The van der Waals surface area contributed by atoms with Crippen LogP contribution in [0.25, 0.3) is 0 Å². The van der Waals surface area contributed by atoms with E-state index in [4.69, 9.17) is 5.11 Å². The quantitative estimate of drug-likeness (QED) is 0.197. The molecule has 2 N–H and O–H groups in total. The Morgan fingerprint density at radius 2 is 1.67 bits per heavy atom. The number of carboxylic acid groups (broad SMARTS) is 1. The van der Waals surface area contributed by atoms with Crippen molar-refractivity contribution in [2.45, 2.75) is 62.1 Å². The number of carboxylic acids is 1. The number of hydrogen-bond donors (Lipinski definition) is 2. The van der Waals surface area contributed by atoms with Gasteiger partial charge in [-0.15, -0.1) is 0 Å². The number of aryl methyl sites for hydroxylation is 2. The topological polar surface area (TPSA) is 83.5 Å². The summed E-state index contributed by atoms with van der Waals surface area (Å²) >= 11 is 0. The molecule has 0 aliphatic heterocycles. The molecule has 3 aromatic rings. The van der Waals surface area contributed by atoms with Gasteiger partial charge in [-0.05, 0) is 60.7 Å². The summed E-state index contributed by atoms with van der Waals surface area (Å²) in [6.07, 6.45) is 4.95. The van der Waals surface area contributed by atoms with Crippen LogP contribution in [0.3, 0.4) is 0 Å². The van der Waals surface area contributed by atoms with E-state index >= 15 is 0 Å². The van der Waals surface area contributed by atoms with Crippen molar-refractivity contribution < 1.29 is 27.1 Å². The van der Waals surface area contributed by atoms with Crippen molar-refractivity contribution in [3.8, 4) is 0 Å². The molecular formula is C28H31F2NO4S. The van der Waals surface area contributed by atoms with E-state index in [0.29, 0.717) is 31.0 Å². The summed E-state index contributed by atoms with van der Waals surface area (Å²) in [5.74, 6) is -2.92. The molecule has 3 aromatic carbocycles. The molecule has 0 heterocycles. The molecule has 0 saturated carbocycles. The van der Waals surface area contributed by atoms with Crippen LogP contribution in [0.5, 0.6) is 0 Å². The van der Waals surface area contributed by atoms with E-state index in [-0.39, 0.29) is 12.0 Å². The maximum absolute atomic E-state index is 14.5. The fourth-order valence-corrected chi connectivity index (χ4v) is 5.72. The van der Waals surface area contributed by atoms with Gasteiger partial charge in [0.1, 0.15) is 21.9 Å². The molecule has 8 heteroatoms. The zero-order valence-corrected chi connectivity index (χ0v) is 21.0. The van der Waals surface area contributed by atoms with Crippen LogP contribution >= 0.6 is 0 Å². The van der Waals surface area contributed by atoms with Crippen LogP contribution in [0.15, 0.2) is 71.6 Å². The molecule has 0 radical (unpaired) electrons. The summed E-state index contributed by atoms with van der Waals surface area (Å²) in [6, 6.07) is 16.5. The molecule has 0 bridgehead atoms. The third-order valence-corrected chi connectivity index (χ3v) is 8.16. The monoisotopic (exact) mass is 515 g/mol. The lowest BCUT2D eigenvalue weighted by molar-refractivity contribution is 0.0697. The molecule has 192 valence electrons. The third-order valence-electron chi connectivity index (χ3n) is 6.11. The van der Waals surface area contributed by atoms with Gasteiger partial charge in [0.2, 0.25) is 9.84 Å². The van der Waals surface area contributed by atoms with Gasteiger partial charge in [0.15, 0.2) is 0 Å². The van der Waals surface area contributed by atoms with E-state index in [1.165, 1.54) is 0 Å². The van der Waals surface area contributed by atoms with Crippen molar-refractivity contribution in [2.24, 2.45) is 0 Å². The normalized spacial score (nSPS) is 12.3. The highest BCUT2D eigenvalue weighted by atomic mass is 32.2. The van der Waals surface area contributed by atoms with Gasteiger partial charge >= 0.3 is 5.97 Å². The highest BCUT2D eigenvalue weighted by Gasteiger charge is 2.30. The molecule has 0 aliphatic rings. The Balaban J connectivity index is 1.83. The zero-order valence-electron chi connectivity index (χ0n) is 20.2. The number of anilines is 1. The summed E-state index contributed by atoms with van der Waals surface area (Å²) < 4.78 is 54.8. The van der Waals surface area contributed by atoms with Crippen LogP contribution in [-0.4, -0.2) is 24.9 Å². The predicted molar refractivity (Wildman–Crippen MR) is 137 cm³/mol. The molecule has 0 spiro atoms. The number of unbranched alkanes of at least 4 members (excludes halogenated alkanes) is 3. The summed E-state index contributed by atoms with van der Waals surface area (Å²) in [4.78, 5) is 10.6. The van der Waals surface area contributed by atoms with E-state index < -0.39 is 37.7 Å². The minimum atomic E-state index is -4.14. The van der Waals surface area contributed by atoms with Gasteiger partial charge < -0.3 is 10.4 Å². The van der Waals surface area contributed by atoms with Crippen LogP contribution in [0, 0.1) is 11.6 Å². The van der Waals surface area contributed by atoms with Gasteiger partial charge in [0.25, 0.3) is 0 Å². The Morgan fingerprint density at radius 1 is 0.944 bits per heavy atom. The summed E-state index contributed by atoms with van der Waals surface area (Å²) in [5.41, 5.74) is 2.68. The minimum absolute atomic E-state index is 0.213. The first kappa shape index (κ1) is 27.3. The Hall–Kier alpha value is -3.26. The first-order valence-electron chi connectivity index (χ1n) is 12.1.